The molecular formula is C16H28O3. The minimum atomic E-state index is -0.276. The Bertz CT molecular complexity index is 259. The maximum Gasteiger partial charge on any atom is 0.333 e. The van der Waals surface area contributed by atoms with E-state index in [0.717, 1.165) is 25.9 Å². The van der Waals surface area contributed by atoms with Crippen LogP contribution in [0.2, 0.25) is 0 Å². The first-order valence-electron chi connectivity index (χ1n) is 7.23. The fourth-order valence-electron chi connectivity index (χ4n) is 1.72. The molecular weight excluding hydrogens is 240 g/mol. The summed E-state index contributed by atoms with van der Waals surface area (Å²) in [7, 11) is 0. The zero-order valence-corrected chi connectivity index (χ0v) is 12.3. The Hall–Kier alpha value is -1.25. The number of hydrogen-bond acceptors (Lipinski definition) is 3. The minimum Gasteiger partial charge on any atom is -0.502 e. The number of unbranched alkanes of at least 4 members (excludes halogenated alkanes) is 7. The zero-order chi connectivity index (χ0) is 14.3. The van der Waals surface area contributed by atoms with Crippen LogP contribution in [-0.4, -0.2) is 19.2 Å². The van der Waals surface area contributed by atoms with E-state index < -0.39 is 0 Å². The van der Waals surface area contributed by atoms with Crippen LogP contribution in [0.3, 0.4) is 0 Å². The second-order valence-electron chi connectivity index (χ2n) is 4.78. The molecule has 0 aliphatic rings. The molecule has 0 aromatic carbocycles. The lowest BCUT2D eigenvalue weighted by molar-refractivity contribution is -0.139. The molecule has 0 aliphatic heterocycles. The highest BCUT2D eigenvalue weighted by Crippen LogP contribution is 2.09. The van der Waals surface area contributed by atoms with Gasteiger partial charge in [0.2, 0.25) is 0 Å². The maximum atomic E-state index is 11.1. The summed E-state index contributed by atoms with van der Waals surface area (Å²) in [4.78, 5) is 11.1. The quantitative estimate of drug-likeness (QED) is 0.215. The number of rotatable bonds is 13. The second-order valence-corrected chi connectivity index (χ2v) is 4.78. The lowest BCUT2D eigenvalue weighted by Gasteiger charge is -2.04. The van der Waals surface area contributed by atoms with Gasteiger partial charge >= 0.3 is 5.97 Å². The molecule has 19 heavy (non-hydrogen) atoms. The van der Waals surface area contributed by atoms with Crippen molar-refractivity contribution in [3.8, 4) is 0 Å². The molecule has 3 nitrogen and oxygen atoms in total. The van der Waals surface area contributed by atoms with E-state index in [1.54, 1.807) is 6.92 Å². The normalized spacial score (nSPS) is 9.95. The highest BCUT2D eigenvalue weighted by atomic mass is 16.5. The smallest absolute Gasteiger partial charge is 0.333 e. The van der Waals surface area contributed by atoms with Gasteiger partial charge in [-0.15, -0.1) is 0 Å². The Morgan fingerprint density at radius 1 is 0.947 bits per heavy atom. The van der Waals surface area contributed by atoms with E-state index >= 15 is 0 Å². The molecule has 0 atom stereocenters. The van der Waals surface area contributed by atoms with Gasteiger partial charge in [0, 0.05) is 5.57 Å². The molecule has 0 bridgehead atoms. The molecule has 0 fully saturated rings. The molecule has 110 valence electrons. The van der Waals surface area contributed by atoms with Gasteiger partial charge in [-0.1, -0.05) is 51.7 Å². The number of carbonyl (C=O) groups is 1. The summed E-state index contributed by atoms with van der Waals surface area (Å²) in [6, 6.07) is 0. The molecule has 0 aromatic heterocycles. The van der Waals surface area contributed by atoms with Crippen LogP contribution in [0, 0.1) is 0 Å². The molecule has 3 heteroatoms. The summed E-state index contributed by atoms with van der Waals surface area (Å²) in [6.45, 7) is 10.0. The van der Waals surface area contributed by atoms with Crippen molar-refractivity contribution in [3.05, 3.63) is 25.0 Å². The first-order chi connectivity index (χ1) is 9.18. The molecule has 0 rings (SSSR count). The van der Waals surface area contributed by atoms with Crippen LogP contribution in [-0.2, 0) is 14.3 Å². The van der Waals surface area contributed by atoms with Gasteiger partial charge in [-0.3, -0.25) is 0 Å². The predicted molar refractivity (Wildman–Crippen MR) is 78.9 cm³/mol. The standard InChI is InChI=1S/C16H28O3/c1-4-18-13-11-9-7-5-6-8-10-12-14-19-16(17)15(2)3/h4H,1-2,5-14H2,3H3. The number of esters is 1. The summed E-state index contributed by atoms with van der Waals surface area (Å²) in [5.74, 6) is -0.276. The van der Waals surface area contributed by atoms with Crippen molar-refractivity contribution in [3.63, 3.8) is 0 Å². The van der Waals surface area contributed by atoms with E-state index in [1.807, 2.05) is 0 Å². The first kappa shape index (κ1) is 17.8. The Labute approximate surface area is 117 Å². The topological polar surface area (TPSA) is 35.5 Å². The molecule has 0 amide bonds. The predicted octanol–water partition coefficient (Wildman–Crippen LogP) is 4.39. The van der Waals surface area contributed by atoms with Crippen LogP contribution >= 0.6 is 0 Å². The van der Waals surface area contributed by atoms with Crippen molar-refractivity contribution in [2.24, 2.45) is 0 Å². The minimum absolute atomic E-state index is 0.276. The Morgan fingerprint density at radius 2 is 1.42 bits per heavy atom. The van der Waals surface area contributed by atoms with E-state index in [4.69, 9.17) is 9.47 Å². The monoisotopic (exact) mass is 268 g/mol. The molecule has 0 aromatic rings. The van der Waals surface area contributed by atoms with E-state index in [-0.39, 0.29) is 5.97 Å². The zero-order valence-electron chi connectivity index (χ0n) is 12.3. The van der Waals surface area contributed by atoms with Crippen molar-refractivity contribution in [1.82, 2.24) is 0 Å². The first-order valence-corrected chi connectivity index (χ1v) is 7.23. The number of carbonyl (C=O) groups excluding carboxylic acids is 1. The van der Waals surface area contributed by atoms with Crippen molar-refractivity contribution in [1.29, 1.82) is 0 Å². The van der Waals surface area contributed by atoms with Crippen LogP contribution in [0.25, 0.3) is 0 Å². The van der Waals surface area contributed by atoms with Crippen LogP contribution in [0.4, 0.5) is 0 Å². The van der Waals surface area contributed by atoms with Gasteiger partial charge in [0.25, 0.3) is 0 Å². The molecule has 0 spiro atoms. The van der Waals surface area contributed by atoms with E-state index in [2.05, 4.69) is 13.2 Å². The Morgan fingerprint density at radius 3 is 1.89 bits per heavy atom. The van der Waals surface area contributed by atoms with E-state index in [9.17, 15) is 4.79 Å². The van der Waals surface area contributed by atoms with E-state index in [1.165, 1.54) is 38.4 Å². The maximum absolute atomic E-state index is 11.1. The average molecular weight is 268 g/mol. The number of ether oxygens (including phenoxy) is 2. The lowest BCUT2D eigenvalue weighted by Crippen LogP contribution is -2.05. The highest BCUT2D eigenvalue weighted by Gasteiger charge is 2.01. The van der Waals surface area contributed by atoms with Gasteiger partial charge in [0.1, 0.15) is 0 Å². The Balaban J connectivity index is 3.09. The molecule has 0 radical (unpaired) electrons. The molecule has 0 N–H and O–H groups in total. The summed E-state index contributed by atoms with van der Waals surface area (Å²) >= 11 is 0. The van der Waals surface area contributed by atoms with Gasteiger partial charge in [-0.25, -0.2) is 4.79 Å². The summed E-state index contributed by atoms with van der Waals surface area (Å²) in [5.41, 5.74) is 0.473. The molecule has 0 saturated carbocycles. The van der Waals surface area contributed by atoms with Crippen LogP contribution in [0.5, 0.6) is 0 Å². The van der Waals surface area contributed by atoms with Gasteiger partial charge in [0.15, 0.2) is 0 Å². The van der Waals surface area contributed by atoms with Gasteiger partial charge in [-0.2, -0.15) is 0 Å². The van der Waals surface area contributed by atoms with Crippen molar-refractivity contribution in [2.45, 2.75) is 58.3 Å². The fraction of sp³-hybridized carbons (Fsp3) is 0.688. The molecule has 0 aliphatic carbocycles. The lowest BCUT2D eigenvalue weighted by atomic mass is 10.1. The SMILES string of the molecule is C=COCCCCCCCCCCOC(=O)C(=C)C. The fourth-order valence-corrected chi connectivity index (χ4v) is 1.72. The van der Waals surface area contributed by atoms with Crippen LogP contribution in [0.15, 0.2) is 25.0 Å². The molecule has 0 heterocycles. The van der Waals surface area contributed by atoms with Gasteiger partial charge in [-0.05, 0) is 19.8 Å². The van der Waals surface area contributed by atoms with Crippen molar-refractivity contribution >= 4 is 5.97 Å². The van der Waals surface area contributed by atoms with E-state index in [0.29, 0.717) is 12.2 Å². The molecule has 0 saturated heterocycles. The van der Waals surface area contributed by atoms with Crippen LogP contribution < -0.4 is 0 Å². The number of hydrogen-bond donors (Lipinski definition) is 0. The average Bonchev–Trinajstić information content (AvgIpc) is 2.39. The third-order valence-corrected chi connectivity index (χ3v) is 2.86. The summed E-state index contributed by atoms with van der Waals surface area (Å²) < 4.78 is 10.1. The summed E-state index contributed by atoms with van der Waals surface area (Å²) in [6.07, 6.45) is 10.9. The Kier molecular flexibility index (Phi) is 12.3. The van der Waals surface area contributed by atoms with Gasteiger partial charge < -0.3 is 9.47 Å². The van der Waals surface area contributed by atoms with Crippen molar-refractivity contribution in [2.75, 3.05) is 13.2 Å². The summed E-state index contributed by atoms with van der Waals surface area (Å²) in [5, 5.41) is 0. The van der Waals surface area contributed by atoms with Crippen molar-refractivity contribution < 1.29 is 14.3 Å². The highest BCUT2D eigenvalue weighted by molar-refractivity contribution is 5.86. The largest absolute Gasteiger partial charge is 0.502 e. The third-order valence-electron chi connectivity index (χ3n) is 2.86. The molecule has 0 unspecified atom stereocenters. The van der Waals surface area contributed by atoms with Crippen LogP contribution in [0.1, 0.15) is 58.3 Å². The third kappa shape index (κ3) is 13.0. The second kappa shape index (κ2) is 13.2. The van der Waals surface area contributed by atoms with Gasteiger partial charge in [0.05, 0.1) is 19.5 Å².